The van der Waals surface area contributed by atoms with Crippen molar-refractivity contribution in [2.45, 2.75) is 32.7 Å². The molecule has 1 aromatic heterocycles. The van der Waals surface area contributed by atoms with Gasteiger partial charge in [-0.2, -0.15) is 0 Å². The fraction of sp³-hybridized carbons (Fsp3) is 0.500. The van der Waals surface area contributed by atoms with E-state index in [2.05, 4.69) is 10.3 Å². The van der Waals surface area contributed by atoms with Gasteiger partial charge in [0.25, 0.3) is 0 Å². The van der Waals surface area contributed by atoms with Crippen LogP contribution in [0.2, 0.25) is 0 Å². The Labute approximate surface area is 87.7 Å². The monoisotopic (exact) mass is 215 g/mol. The van der Waals surface area contributed by atoms with E-state index in [0.29, 0.717) is 0 Å². The minimum absolute atomic E-state index is 0.0132. The maximum atomic E-state index is 13.3. The SMILES string of the molecule is CCC(C)(C)Nc1nc(N)c(F)cc1F. The molecule has 1 aromatic rings. The average Bonchev–Trinajstić information content (AvgIpc) is 2.14. The van der Waals surface area contributed by atoms with Gasteiger partial charge in [0.1, 0.15) is 0 Å². The van der Waals surface area contributed by atoms with E-state index in [4.69, 9.17) is 5.73 Å². The van der Waals surface area contributed by atoms with Crippen LogP contribution in [-0.4, -0.2) is 10.5 Å². The fourth-order valence-electron chi connectivity index (χ4n) is 0.977. The Hall–Kier alpha value is -1.39. The van der Waals surface area contributed by atoms with Crippen molar-refractivity contribution in [3.8, 4) is 0 Å². The van der Waals surface area contributed by atoms with Gasteiger partial charge in [0.15, 0.2) is 23.3 Å². The predicted octanol–water partition coefficient (Wildman–Crippen LogP) is 2.54. The normalized spacial score (nSPS) is 11.5. The van der Waals surface area contributed by atoms with Crippen molar-refractivity contribution >= 4 is 11.6 Å². The van der Waals surface area contributed by atoms with Crippen LogP contribution in [-0.2, 0) is 0 Å². The molecule has 0 saturated heterocycles. The molecule has 0 aliphatic rings. The fourth-order valence-corrected chi connectivity index (χ4v) is 0.977. The molecule has 1 heterocycles. The van der Waals surface area contributed by atoms with E-state index < -0.39 is 11.6 Å². The first kappa shape index (κ1) is 11.7. The second-order valence-electron chi connectivity index (χ2n) is 4.05. The summed E-state index contributed by atoms with van der Waals surface area (Å²) in [4.78, 5) is 3.62. The summed E-state index contributed by atoms with van der Waals surface area (Å²) in [6.07, 6.45) is 0.783. The van der Waals surface area contributed by atoms with Gasteiger partial charge < -0.3 is 11.1 Å². The van der Waals surface area contributed by atoms with E-state index in [-0.39, 0.29) is 17.2 Å². The molecule has 5 heteroatoms. The molecule has 0 aromatic carbocycles. The lowest BCUT2D eigenvalue weighted by molar-refractivity contribution is 0.528. The predicted molar refractivity (Wildman–Crippen MR) is 56.6 cm³/mol. The molecule has 84 valence electrons. The number of halogens is 2. The number of hydrogen-bond donors (Lipinski definition) is 2. The molecule has 0 spiro atoms. The molecule has 0 fully saturated rings. The summed E-state index contributed by atoms with van der Waals surface area (Å²) in [6, 6.07) is 0.733. The van der Waals surface area contributed by atoms with Gasteiger partial charge in [-0.1, -0.05) is 6.92 Å². The molecule has 15 heavy (non-hydrogen) atoms. The Morgan fingerprint density at radius 1 is 1.40 bits per heavy atom. The zero-order valence-electron chi connectivity index (χ0n) is 9.06. The van der Waals surface area contributed by atoms with Gasteiger partial charge >= 0.3 is 0 Å². The van der Waals surface area contributed by atoms with Crippen LogP contribution in [0.4, 0.5) is 20.4 Å². The molecular formula is C10H15F2N3. The number of nitrogens with two attached hydrogens (primary N) is 1. The van der Waals surface area contributed by atoms with E-state index in [0.717, 1.165) is 12.5 Å². The maximum absolute atomic E-state index is 13.3. The van der Waals surface area contributed by atoms with Crippen molar-refractivity contribution in [2.24, 2.45) is 0 Å². The second kappa shape index (κ2) is 4.00. The topological polar surface area (TPSA) is 50.9 Å². The van der Waals surface area contributed by atoms with Crippen LogP contribution in [0.5, 0.6) is 0 Å². The lowest BCUT2D eigenvalue weighted by atomic mass is 10.0. The standard InChI is InChI=1S/C10H15F2N3/c1-4-10(2,3)15-9-7(12)5-6(11)8(13)14-9/h5H,4H2,1-3H3,(H3,13,14,15). The van der Waals surface area contributed by atoms with Crippen LogP contribution < -0.4 is 11.1 Å². The highest BCUT2D eigenvalue weighted by atomic mass is 19.1. The van der Waals surface area contributed by atoms with Crippen molar-refractivity contribution in [1.29, 1.82) is 0 Å². The minimum atomic E-state index is -0.840. The Morgan fingerprint density at radius 2 is 2.00 bits per heavy atom. The van der Waals surface area contributed by atoms with Crippen molar-refractivity contribution in [3.05, 3.63) is 17.7 Å². The van der Waals surface area contributed by atoms with Gasteiger partial charge in [-0.15, -0.1) is 0 Å². The summed E-state index contributed by atoms with van der Waals surface area (Å²) < 4.78 is 26.1. The number of nitrogens with one attached hydrogen (secondary N) is 1. The van der Waals surface area contributed by atoms with E-state index in [1.165, 1.54) is 0 Å². The van der Waals surface area contributed by atoms with E-state index in [1.807, 2.05) is 20.8 Å². The van der Waals surface area contributed by atoms with Gasteiger partial charge in [-0.25, -0.2) is 13.8 Å². The van der Waals surface area contributed by atoms with Gasteiger partial charge in [0, 0.05) is 11.6 Å². The van der Waals surface area contributed by atoms with Gasteiger partial charge in [0.05, 0.1) is 0 Å². The van der Waals surface area contributed by atoms with Crippen molar-refractivity contribution in [1.82, 2.24) is 4.98 Å². The Bertz CT molecular complexity index is 364. The lowest BCUT2D eigenvalue weighted by Crippen LogP contribution is -2.30. The van der Waals surface area contributed by atoms with E-state index >= 15 is 0 Å². The van der Waals surface area contributed by atoms with Crippen LogP contribution in [0.15, 0.2) is 6.07 Å². The summed E-state index contributed by atoms with van der Waals surface area (Å²) in [5.74, 6) is -1.89. The molecule has 3 nitrogen and oxygen atoms in total. The zero-order chi connectivity index (χ0) is 11.6. The number of aromatic nitrogens is 1. The first-order valence-corrected chi connectivity index (χ1v) is 4.75. The number of pyridine rings is 1. The molecule has 0 aliphatic heterocycles. The summed E-state index contributed by atoms with van der Waals surface area (Å²) in [5, 5.41) is 2.87. The number of nitrogen functional groups attached to an aromatic ring is 1. The quantitative estimate of drug-likeness (QED) is 0.814. The Balaban J connectivity index is 3.01. The molecule has 0 unspecified atom stereocenters. The molecule has 0 amide bonds. The van der Waals surface area contributed by atoms with Crippen LogP contribution in [0, 0.1) is 11.6 Å². The number of anilines is 2. The first-order valence-electron chi connectivity index (χ1n) is 4.75. The second-order valence-corrected chi connectivity index (χ2v) is 4.05. The number of nitrogens with zero attached hydrogens (tertiary/aromatic N) is 1. The molecule has 3 N–H and O–H groups in total. The van der Waals surface area contributed by atoms with Crippen LogP contribution in [0.25, 0.3) is 0 Å². The molecule has 0 bridgehead atoms. The molecule has 0 atom stereocenters. The van der Waals surface area contributed by atoms with Crippen LogP contribution in [0.3, 0.4) is 0 Å². The molecular weight excluding hydrogens is 200 g/mol. The highest BCUT2D eigenvalue weighted by molar-refractivity contribution is 5.46. The zero-order valence-corrected chi connectivity index (χ0v) is 9.06. The minimum Gasteiger partial charge on any atom is -0.381 e. The third kappa shape index (κ3) is 2.78. The molecule has 0 radical (unpaired) electrons. The largest absolute Gasteiger partial charge is 0.381 e. The van der Waals surface area contributed by atoms with Crippen LogP contribution in [0.1, 0.15) is 27.2 Å². The molecule has 0 saturated carbocycles. The number of hydrogen-bond acceptors (Lipinski definition) is 3. The highest BCUT2D eigenvalue weighted by Gasteiger charge is 2.18. The van der Waals surface area contributed by atoms with Crippen molar-refractivity contribution in [3.63, 3.8) is 0 Å². The summed E-state index contributed by atoms with van der Waals surface area (Å²) >= 11 is 0. The summed E-state index contributed by atoms with van der Waals surface area (Å²) in [7, 11) is 0. The maximum Gasteiger partial charge on any atom is 0.168 e. The Morgan fingerprint density at radius 3 is 2.53 bits per heavy atom. The lowest BCUT2D eigenvalue weighted by Gasteiger charge is -2.25. The first-order chi connectivity index (χ1) is 6.85. The van der Waals surface area contributed by atoms with Gasteiger partial charge in [-0.05, 0) is 20.3 Å². The van der Waals surface area contributed by atoms with Crippen molar-refractivity contribution in [2.75, 3.05) is 11.1 Å². The number of rotatable bonds is 3. The Kier molecular flexibility index (Phi) is 3.12. The van der Waals surface area contributed by atoms with Crippen molar-refractivity contribution < 1.29 is 8.78 Å². The average molecular weight is 215 g/mol. The molecule has 1 rings (SSSR count). The third-order valence-electron chi connectivity index (χ3n) is 2.30. The van der Waals surface area contributed by atoms with E-state index in [9.17, 15) is 8.78 Å². The summed E-state index contributed by atoms with van der Waals surface area (Å²) in [5.41, 5.74) is 4.95. The van der Waals surface area contributed by atoms with Gasteiger partial charge in [0.2, 0.25) is 0 Å². The smallest absolute Gasteiger partial charge is 0.168 e. The van der Waals surface area contributed by atoms with E-state index in [1.54, 1.807) is 0 Å². The van der Waals surface area contributed by atoms with Gasteiger partial charge in [-0.3, -0.25) is 0 Å². The molecule has 0 aliphatic carbocycles. The van der Waals surface area contributed by atoms with Crippen LogP contribution >= 0.6 is 0 Å². The third-order valence-corrected chi connectivity index (χ3v) is 2.30. The highest BCUT2D eigenvalue weighted by Crippen LogP contribution is 2.21. The summed E-state index contributed by atoms with van der Waals surface area (Å²) in [6.45, 7) is 5.75.